The average Bonchev–Trinajstić information content (AvgIpc) is 3.31. The third kappa shape index (κ3) is 10.0. The van der Waals surface area contributed by atoms with Crippen LogP contribution in [0.4, 0.5) is 4.39 Å². The van der Waals surface area contributed by atoms with E-state index in [-0.39, 0.29) is 24.6 Å². The fraction of sp³-hybridized carbons (Fsp3) is 0.433. The summed E-state index contributed by atoms with van der Waals surface area (Å²) in [7, 11) is -0.820. The zero-order valence-electron chi connectivity index (χ0n) is 24.1. The first-order valence-electron chi connectivity index (χ1n) is 13.8. The SMILES string of the molecule is CCOc1ccc(C(OCOCC[SiH](C)C)C(=O)N(CCCc2ccccc2)Cc2nc(C(=O)O)c(C)s2)c(F)c1. The normalized spacial score (nSPS) is 12.0. The summed E-state index contributed by atoms with van der Waals surface area (Å²) in [5.41, 5.74) is 1.18. The fourth-order valence-electron chi connectivity index (χ4n) is 4.20. The molecule has 1 N–H and O–H groups in total. The Hall–Kier alpha value is -3.12. The van der Waals surface area contributed by atoms with Gasteiger partial charge in [0.05, 0.1) is 13.2 Å². The summed E-state index contributed by atoms with van der Waals surface area (Å²) in [6.45, 7) is 9.07. The van der Waals surface area contributed by atoms with Crippen LogP contribution in [-0.4, -0.2) is 62.2 Å². The number of aromatic carboxylic acids is 1. The van der Waals surface area contributed by atoms with Crippen LogP contribution < -0.4 is 4.74 Å². The molecule has 11 heteroatoms. The van der Waals surface area contributed by atoms with Crippen molar-refractivity contribution in [1.82, 2.24) is 9.88 Å². The van der Waals surface area contributed by atoms with Crippen molar-refractivity contribution >= 4 is 32.0 Å². The van der Waals surface area contributed by atoms with Crippen molar-refractivity contribution in [3.63, 3.8) is 0 Å². The lowest BCUT2D eigenvalue weighted by Gasteiger charge is -2.27. The molecule has 1 atom stereocenters. The van der Waals surface area contributed by atoms with Gasteiger partial charge >= 0.3 is 5.97 Å². The van der Waals surface area contributed by atoms with Crippen molar-refractivity contribution in [2.24, 2.45) is 0 Å². The van der Waals surface area contributed by atoms with E-state index >= 15 is 4.39 Å². The zero-order valence-corrected chi connectivity index (χ0v) is 26.1. The van der Waals surface area contributed by atoms with Crippen LogP contribution in [0.25, 0.3) is 0 Å². The van der Waals surface area contributed by atoms with Gasteiger partial charge in [-0.3, -0.25) is 4.79 Å². The Balaban J connectivity index is 1.87. The standard InChI is InChI=1S/C30H39FN2O6SSi/c1-5-38-23-13-14-24(25(31)18-23)28(39-20-37-16-17-41(3)4)29(34)33(15-9-12-22-10-7-6-8-11-22)19-26-32-27(30(35)36)21(2)40-26/h6-8,10-11,13-14,18,28,41H,5,9,12,15-17,19-20H2,1-4H3,(H,35,36). The number of benzene rings is 2. The number of carboxylic acid groups (broad SMARTS) is 1. The van der Waals surface area contributed by atoms with Crippen LogP contribution in [0.15, 0.2) is 48.5 Å². The van der Waals surface area contributed by atoms with Crippen LogP contribution in [0, 0.1) is 12.7 Å². The monoisotopic (exact) mass is 602 g/mol. The fourth-order valence-corrected chi connectivity index (χ4v) is 5.78. The van der Waals surface area contributed by atoms with Crippen LogP contribution in [0.1, 0.15) is 50.9 Å². The molecular weight excluding hydrogens is 563 g/mol. The summed E-state index contributed by atoms with van der Waals surface area (Å²) in [5.74, 6) is -1.83. The van der Waals surface area contributed by atoms with E-state index in [9.17, 15) is 14.7 Å². The number of carbonyl (C=O) groups is 2. The number of amides is 1. The topological polar surface area (TPSA) is 98.2 Å². The maximum atomic E-state index is 15.3. The number of aromatic nitrogens is 1. The summed E-state index contributed by atoms with van der Waals surface area (Å²) in [4.78, 5) is 32.0. The largest absolute Gasteiger partial charge is 0.494 e. The van der Waals surface area contributed by atoms with Crippen LogP contribution in [-0.2, 0) is 27.2 Å². The number of nitrogens with zero attached hydrogens (tertiary/aromatic N) is 2. The summed E-state index contributed by atoms with van der Waals surface area (Å²) in [6.07, 6.45) is 0.103. The first kappa shape index (κ1) is 32.4. The minimum Gasteiger partial charge on any atom is -0.494 e. The molecule has 0 aliphatic heterocycles. The summed E-state index contributed by atoms with van der Waals surface area (Å²) in [5, 5.41) is 9.96. The molecule has 0 saturated heterocycles. The molecule has 1 aromatic heterocycles. The average molecular weight is 603 g/mol. The summed E-state index contributed by atoms with van der Waals surface area (Å²) < 4.78 is 32.3. The molecule has 0 fully saturated rings. The lowest BCUT2D eigenvalue weighted by Crippen LogP contribution is -2.37. The molecule has 1 heterocycles. The van der Waals surface area contributed by atoms with Gasteiger partial charge in [-0.2, -0.15) is 0 Å². The molecule has 3 rings (SSSR count). The quantitative estimate of drug-likeness (QED) is 0.117. The number of hydrogen-bond donors (Lipinski definition) is 1. The van der Waals surface area contributed by atoms with Crippen LogP contribution >= 0.6 is 11.3 Å². The van der Waals surface area contributed by atoms with E-state index < -0.39 is 32.6 Å². The molecule has 1 unspecified atom stereocenters. The number of halogens is 1. The van der Waals surface area contributed by atoms with Gasteiger partial charge in [-0.15, -0.1) is 11.3 Å². The number of hydrogen-bond acceptors (Lipinski definition) is 7. The van der Waals surface area contributed by atoms with Crippen LogP contribution in [0.5, 0.6) is 5.75 Å². The maximum absolute atomic E-state index is 15.3. The van der Waals surface area contributed by atoms with Gasteiger partial charge in [-0.05, 0) is 50.4 Å². The second kappa shape index (κ2) is 16.4. The van der Waals surface area contributed by atoms with Crippen molar-refractivity contribution < 1.29 is 33.3 Å². The van der Waals surface area contributed by atoms with E-state index in [1.54, 1.807) is 17.9 Å². The molecule has 0 saturated carbocycles. The second-order valence-electron chi connectivity index (χ2n) is 10.0. The molecule has 0 bridgehead atoms. The van der Waals surface area contributed by atoms with Gasteiger partial charge in [0.2, 0.25) is 0 Å². The highest BCUT2D eigenvalue weighted by atomic mass is 32.1. The van der Waals surface area contributed by atoms with Gasteiger partial charge in [0.1, 0.15) is 23.4 Å². The van der Waals surface area contributed by atoms with Crippen LogP contribution in [0.2, 0.25) is 19.1 Å². The van der Waals surface area contributed by atoms with Crippen molar-refractivity contribution in [2.75, 3.05) is 26.6 Å². The third-order valence-corrected chi connectivity index (χ3v) is 8.71. The Labute approximate surface area is 246 Å². The molecule has 3 aromatic rings. The van der Waals surface area contributed by atoms with Gasteiger partial charge in [-0.1, -0.05) is 43.4 Å². The Morgan fingerprint density at radius 1 is 1.17 bits per heavy atom. The smallest absolute Gasteiger partial charge is 0.355 e. The van der Waals surface area contributed by atoms with Crippen molar-refractivity contribution in [3.8, 4) is 5.75 Å². The lowest BCUT2D eigenvalue weighted by molar-refractivity contribution is -0.156. The molecule has 1 amide bonds. The second-order valence-corrected chi connectivity index (χ2v) is 14.7. The molecule has 0 aliphatic rings. The third-order valence-electron chi connectivity index (χ3n) is 6.36. The molecule has 8 nitrogen and oxygen atoms in total. The van der Waals surface area contributed by atoms with E-state index in [2.05, 4.69) is 18.1 Å². The van der Waals surface area contributed by atoms with E-state index in [1.807, 2.05) is 37.3 Å². The van der Waals surface area contributed by atoms with Crippen molar-refractivity contribution in [2.45, 2.75) is 58.5 Å². The Bertz CT molecular complexity index is 1270. The Morgan fingerprint density at radius 3 is 2.56 bits per heavy atom. The minimum atomic E-state index is -1.27. The minimum absolute atomic E-state index is 0.0332. The molecule has 41 heavy (non-hydrogen) atoms. The highest BCUT2D eigenvalue weighted by molar-refractivity contribution is 7.11. The Kier molecular flexibility index (Phi) is 12.9. The van der Waals surface area contributed by atoms with E-state index in [0.717, 1.165) is 18.0 Å². The lowest BCUT2D eigenvalue weighted by atomic mass is 10.1. The predicted octanol–water partition coefficient (Wildman–Crippen LogP) is 5.87. The number of carbonyl (C=O) groups excluding carboxylic acids is 1. The molecule has 222 valence electrons. The van der Waals surface area contributed by atoms with Crippen molar-refractivity contribution in [3.05, 3.63) is 81.1 Å². The van der Waals surface area contributed by atoms with Crippen LogP contribution in [0.3, 0.4) is 0 Å². The molecule has 2 aromatic carbocycles. The summed E-state index contributed by atoms with van der Waals surface area (Å²) >= 11 is 1.23. The summed E-state index contributed by atoms with van der Waals surface area (Å²) in [6, 6.07) is 15.2. The van der Waals surface area contributed by atoms with E-state index in [4.69, 9.17) is 14.2 Å². The maximum Gasteiger partial charge on any atom is 0.355 e. The highest BCUT2D eigenvalue weighted by Crippen LogP contribution is 2.28. The molecular formula is C30H39FN2O6SSi. The molecule has 0 radical (unpaired) electrons. The number of rotatable bonds is 17. The first-order valence-corrected chi connectivity index (χ1v) is 17.8. The highest BCUT2D eigenvalue weighted by Gasteiger charge is 2.30. The van der Waals surface area contributed by atoms with Gasteiger partial charge in [0.25, 0.3) is 5.91 Å². The molecule has 0 spiro atoms. The van der Waals surface area contributed by atoms with Gasteiger partial charge in [-0.25, -0.2) is 14.2 Å². The van der Waals surface area contributed by atoms with Crippen molar-refractivity contribution in [1.29, 1.82) is 0 Å². The van der Waals surface area contributed by atoms with Gasteiger partial charge < -0.3 is 24.2 Å². The first-order chi connectivity index (χ1) is 19.7. The Morgan fingerprint density at radius 2 is 1.93 bits per heavy atom. The van der Waals surface area contributed by atoms with E-state index in [0.29, 0.717) is 41.8 Å². The molecule has 0 aliphatic carbocycles. The van der Waals surface area contributed by atoms with Gasteiger partial charge in [0.15, 0.2) is 11.8 Å². The van der Waals surface area contributed by atoms with Gasteiger partial charge in [0, 0.05) is 38.5 Å². The predicted molar refractivity (Wildman–Crippen MR) is 160 cm³/mol. The zero-order chi connectivity index (χ0) is 29.8. The number of thiazole rings is 1. The number of carboxylic acids is 1. The van der Waals surface area contributed by atoms with E-state index in [1.165, 1.54) is 23.5 Å². The number of aryl methyl sites for hydroxylation is 2. The number of ether oxygens (including phenoxy) is 3.